The lowest BCUT2D eigenvalue weighted by molar-refractivity contribution is -0.140. The molecule has 1 aliphatic carbocycles. The Morgan fingerprint density at radius 2 is 1.86 bits per heavy atom. The number of aliphatic carboxylic acids is 1. The van der Waals surface area contributed by atoms with Gasteiger partial charge in [0.15, 0.2) is 0 Å². The Morgan fingerprint density at radius 1 is 1.24 bits per heavy atom. The highest BCUT2D eigenvalue weighted by molar-refractivity contribution is 7.88. The summed E-state index contributed by atoms with van der Waals surface area (Å²) in [5.41, 5.74) is 0. The number of nitrogens with one attached hydrogen (secondary N) is 1. The van der Waals surface area contributed by atoms with Crippen LogP contribution in [0.15, 0.2) is 12.2 Å². The molecule has 2 atom stereocenters. The van der Waals surface area contributed by atoms with Gasteiger partial charge in [-0.3, -0.25) is 9.59 Å². The topological polar surface area (TPSA) is 104 Å². The van der Waals surface area contributed by atoms with E-state index in [1.807, 2.05) is 0 Å². The van der Waals surface area contributed by atoms with Crippen molar-refractivity contribution in [3.8, 4) is 0 Å². The molecule has 21 heavy (non-hydrogen) atoms. The molecule has 1 amide bonds. The molecule has 0 bridgehead atoms. The standard InChI is InChI=1S/C13H20N2O5S/c1-21(19,20)15-6-4-9(5-7-15)12(16)14-11-3-2-10(8-11)13(17)18/h2-3,9-11H,4-8H2,1H3,(H,14,16)(H,17,18). The molecular weight excluding hydrogens is 296 g/mol. The monoisotopic (exact) mass is 316 g/mol. The van der Waals surface area contributed by atoms with Gasteiger partial charge in [-0.1, -0.05) is 12.2 Å². The van der Waals surface area contributed by atoms with Crippen molar-refractivity contribution in [3.05, 3.63) is 12.2 Å². The van der Waals surface area contributed by atoms with Crippen LogP contribution in [-0.4, -0.2) is 55.1 Å². The van der Waals surface area contributed by atoms with E-state index < -0.39 is 21.9 Å². The van der Waals surface area contributed by atoms with Crippen LogP contribution in [0.4, 0.5) is 0 Å². The van der Waals surface area contributed by atoms with Crippen LogP contribution >= 0.6 is 0 Å². The summed E-state index contributed by atoms with van der Waals surface area (Å²) in [6.07, 6.45) is 5.85. The van der Waals surface area contributed by atoms with Crippen LogP contribution in [0.5, 0.6) is 0 Å². The van der Waals surface area contributed by atoms with Crippen molar-refractivity contribution in [2.24, 2.45) is 11.8 Å². The van der Waals surface area contributed by atoms with E-state index in [9.17, 15) is 18.0 Å². The van der Waals surface area contributed by atoms with Crippen molar-refractivity contribution in [3.63, 3.8) is 0 Å². The second-order valence-electron chi connectivity index (χ2n) is 5.62. The highest BCUT2D eigenvalue weighted by atomic mass is 32.2. The van der Waals surface area contributed by atoms with E-state index in [2.05, 4.69) is 5.32 Å². The molecule has 1 aliphatic heterocycles. The van der Waals surface area contributed by atoms with Crippen LogP contribution in [0, 0.1) is 11.8 Å². The third kappa shape index (κ3) is 4.04. The maximum atomic E-state index is 12.1. The molecule has 2 N–H and O–H groups in total. The largest absolute Gasteiger partial charge is 0.481 e. The number of nitrogens with zero attached hydrogens (tertiary/aromatic N) is 1. The zero-order valence-electron chi connectivity index (χ0n) is 11.9. The lowest BCUT2D eigenvalue weighted by Gasteiger charge is -2.30. The second kappa shape index (κ2) is 6.15. The number of hydrogen-bond donors (Lipinski definition) is 2. The van der Waals surface area contributed by atoms with Gasteiger partial charge in [0.1, 0.15) is 0 Å². The van der Waals surface area contributed by atoms with Gasteiger partial charge in [-0.2, -0.15) is 0 Å². The average Bonchev–Trinajstić information content (AvgIpc) is 2.86. The Hall–Kier alpha value is -1.41. The molecule has 1 heterocycles. The molecule has 0 aromatic heterocycles. The number of sulfonamides is 1. The number of rotatable bonds is 4. The van der Waals surface area contributed by atoms with Crippen molar-refractivity contribution in [1.82, 2.24) is 9.62 Å². The lowest BCUT2D eigenvalue weighted by Crippen LogP contribution is -2.44. The van der Waals surface area contributed by atoms with Crippen molar-refractivity contribution in [2.45, 2.75) is 25.3 Å². The van der Waals surface area contributed by atoms with Gasteiger partial charge >= 0.3 is 5.97 Å². The number of carboxylic acid groups (broad SMARTS) is 1. The van der Waals surface area contributed by atoms with Gasteiger partial charge in [0.05, 0.1) is 12.2 Å². The van der Waals surface area contributed by atoms with E-state index in [-0.39, 0.29) is 17.9 Å². The fourth-order valence-electron chi connectivity index (χ4n) is 2.74. The minimum absolute atomic E-state index is 0.121. The van der Waals surface area contributed by atoms with E-state index in [0.29, 0.717) is 32.4 Å². The van der Waals surface area contributed by atoms with E-state index in [4.69, 9.17) is 5.11 Å². The molecule has 0 aromatic rings. The summed E-state index contributed by atoms with van der Waals surface area (Å²) < 4.78 is 24.2. The summed E-state index contributed by atoms with van der Waals surface area (Å²) in [7, 11) is -3.19. The zero-order chi connectivity index (χ0) is 15.6. The summed E-state index contributed by atoms with van der Waals surface area (Å²) in [6, 6.07) is -0.244. The minimum Gasteiger partial charge on any atom is -0.481 e. The average molecular weight is 316 g/mol. The Morgan fingerprint density at radius 3 is 2.33 bits per heavy atom. The first-order chi connectivity index (χ1) is 9.77. The van der Waals surface area contributed by atoms with Gasteiger partial charge < -0.3 is 10.4 Å². The first-order valence-corrected chi connectivity index (χ1v) is 8.79. The zero-order valence-corrected chi connectivity index (χ0v) is 12.7. The summed E-state index contributed by atoms with van der Waals surface area (Å²) >= 11 is 0. The summed E-state index contributed by atoms with van der Waals surface area (Å²) in [5, 5.41) is 11.7. The van der Waals surface area contributed by atoms with Gasteiger partial charge in [-0.25, -0.2) is 12.7 Å². The van der Waals surface area contributed by atoms with Crippen molar-refractivity contribution in [1.29, 1.82) is 0 Å². The summed E-state index contributed by atoms with van der Waals surface area (Å²) in [5.74, 6) is -1.75. The van der Waals surface area contributed by atoms with Crippen LogP contribution in [0.1, 0.15) is 19.3 Å². The van der Waals surface area contributed by atoms with Crippen LogP contribution in [0.2, 0.25) is 0 Å². The molecule has 2 rings (SSSR count). The second-order valence-corrected chi connectivity index (χ2v) is 7.60. The highest BCUT2D eigenvalue weighted by Gasteiger charge is 2.31. The molecule has 2 unspecified atom stereocenters. The van der Waals surface area contributed by atoms with Crippen molar-refractivity contribution >= 4 is 21.9 Å². The van der Waals surface area contributed by atoms with Crippen LogP contribution in [-0.2, 0) is 19.6 Å². The summed E-state index contributed by atoms with van der Waals surface area (Å²) in [4.78, 5) is 23.0. The molecule has 2 aliphatic rings. The number of carbonyl (C=O) groups is 2. The molecule has 7 nitrogen and oxygen atoms in total. The molecule has 1 saturated heterocycles. The van der Waals surface area contributed by atoms with E-state index in [1.54, 1.807) is 12.2 Å². The Bertz CT molecular complexity index is 549. The predicted molar refractivity (Wildman–Crippen MR) is 76.0 cm³/mol. The Labute approximate surface area is 124 Å². The van der Waals surface area contributed by atoms with Crippen molar-refractivity contribution < 1.29 is 23.1 Å². The van der Waals surface area contributed by atoms with Gasteiger partial charge in [0.2, 0.25) is 15.9 Å². The smallest absolute Gasteiger partial charge is 0.310 e. The fourth-order valence-corrected chi connectivity index (χ4v) is 3.61. The molecule has 0 saturated carbocycles. The molecule has 0 spiro atoms. The first kappa shape index (κ1) is 16.0. The van der Waals surface area contributed by atoms with Crippen LogP contribution < -0.4 is 5.32 Å². The third-order valence-corrected chi connectivity index (χ3v) is 5.33. The fraction of sp³-hybridized carbons (Fsp3) is 0.692. The maximum absolute atomic E-state index is 12.1. The third-order valence-electron chi connectivity index (χ3n) is 4.02. The van der Waals surface area contributed by atoms with Gasteiger partial charge in [-0.05, 0) is 19.3 Å². The van der Waals surface area contributed by atoms with E-state index in [1.165, 1.54) is 10.6 Å². The Kier molecular flexibility index (Phi) is 4.67. The molecule has 0 radical (unpaired) electrons. The van der Waals surface area contributed by atoms with E-state index in [0.717, 1.165) is 0 Å². The normalized spacial score (nSPS) is 27.7. The SMILES string of the molecule is CS(=O)(=O)N1CCC(C(=O)NC2C=CC(C(=O)O)C2)CC1. The van der Waals surface area contributed by atoms with Crippen molar-refractivity contribution in [2.75, 3.05) is 19.3 Å². The number of piperidine rings is 1. The quantitative estimate of drug-likeness (QED) is 0.699. The molecule has 118 valence electrons. The van der Waals surface area contributed by atoms with Crippen LogP contribution in [0.3, 0.4) is 0 Å². The van der Waals surface area contributed by atoms with Crippen LogP contribution in [0.25, 0.3) is 0 Å². The number of carbonyl (C=O) groups excluding carboxylic acids is 1. The minimum atomic E-state index is -3.19. The van der Waals surface area contributed by atoms with Gasteiger partial charge in [0.25, 0.3) is 0 Å². The first-order valence-electron chi connectivity index (χ1n) is 6.94. The van der Waals surface area contributed by atoms with Gasteiger partial charge in [-0.15, -0.1) is 0 Å². The molecule has 1 fully saturated rings. The number of hydrogen-bond acceptors (Lipinski definition) is 4. The number of carboxylic acids is 1. The maximum Gasteiger partial charge on any atom is 0.310 e. The number of amides is 1. The predicted octanol–water partition coefficient (Wildman–Crippen LogP) is -0.196. The summed E-state index contributed by atoms with van der Waals surface area (Å²) in [6.45, 7) is 0.713. The Balaban J connectivity index is 1.81. The van der Waals surface area contributed by atoms with E-state index >= 15 is 0 Å². The van der Waals surface area contributed by atoms with Gasteiger partial charge in [0, 0.05) is 25.0 Å². The molecule has 0 aromatic carbocycles. The highest BCUT2D eigenvalue weighted by Crippen LogP contribution is 2.22. The molecule has 8 heteroatoms. The molecular formula is C13H20N2O5S. The lowest BCUT2D eigenvalue weighted by atomic mass is 9.96.